The van der Waals surface area contributed by atoms with E-state index in [-0.39, 0.29) is 0 Å². The summed E-state index contributed by atoms with van der Waals surface area (Å²) in [6.45, 7) is 3.83. The molecular formula is C13H24N2. The van der Waals surface area contributed by atoms with Crippen molar-refractivity contribution in [2.45, 2.75) is 45.1 Å². The second kappa shape index (κ2) is 6.87. The summed E-state index contributed by atoms with van der Waals surface area (Å²) in [7, 11) is 2.22. The number of nitrogens with zero attached hydrogens (tertiary/aromatic N) is 1. The van der Waals surface area contributed by atoms with Gasteiger partial charge in [0.1, 0.15) is 0 Å². The van der Waals surface area contributed by atoms with Crippen LogP contribution in [0.3, 0.4) is 0 Å². The first kappa shape index (κ1) is 12.5. The standard InChI is InChI=1S/C13H24N2/c1-3-4-7-10-15(2)13-9-6-5-8-12(13)11-14/h12-13H,5-11,14H2,1-2H3. The van der Waals surface area contributed by atoms with E-state index in [9.17, 15) is 0 Å². The summed E-state index contributed by atoms with van der Waals surface area (Å²) < 4.78 is 0. The molecule has 0 aromatic heterocycles. The van der Waals surface area contributed by atoms with Gasteiger partial charge in [-0.05, 0) is 39.3 Å². The van der Waals surface area contributed by atoms with Crippen molar-refractivity contribution in [1.82, 2.24) is 4.90 Å². The Morgan fingerprint density at radius 3 is 2.73 bits per heavy atom. The molecular weight excluding hydrogens is 184 g/mol. The second-order valence-electron chi connectivity index (χ2n) is 4.50. The average molecular weight is 208 g/mol. The summed E-state index contributed by atoms with van der Waals surface area (Å²) >= 11 is 0. The van der Waals surface area contributed by atoms with Crippen LogP contribution < -0.4 is 5.73 Å². The van der Waals surface area contributed by atoms with E-state index in [0.717, 1.165) is 19.5 Å². The Balaban J connectivity index is 2.39. The molecule has 1 aliphatic rings. The summed E-state index contributed by atoms with van der Waals surface area (Å²) in [6, 6.07) is 0.697. The zero-order valence-electron chi connectivity index (χ0n) is 10.1. The van der Waals surface area contributed by atoms with E-state index >= 15 is 0 Å². The van der Waals surface area contributed by atoms with E-state index in [1.54, 1.807) is 0 Å². The van der Waals surface area contributed by atoms with E-state index in [4.69, 9.17) is 5.73 Å². The van der Waals surface area contributed by atoms with Gasteiger partial charge in [0.05, 0.1) is 0 Å². The first-order chi connectivity index (χ1) is 7.29. The quantitative estimate of drug-likeness (QED) is 0.714. The second-order valence-corrected chi connectivity index (χ2v) is 4.50. The Morgan fingerprint density at radius 1 is 1.33 bits per heavy atom. The van der Waals surface area contributed by atoms with Crippen LogP contribution in [-0.4, -0.2) is 31.1 Å². The zero-order valence-corrected chi connectivity index (χ0v) is 10.1. The van der Waals surface area contributed by atoms with Crippen LogP contribution in [0.25, 0.3) is 0 Å². The van der Waals surface area contributed by atoms with Crippen molar-refractivity contribution in [3.63, 3.8) is 0 Å². The molecule has 0 bridgehead atoms. The predicted molar refractivity (Wildman–Crippen MR) is 65.5 cm³/mol. The Bertz CT molecular complexity index is 226. The largest absolute Gasteiger partial charge is 0.330 e. The van der Waals surface area contributed by atoms with Crippen molar-refractivity contribution in [1.29, 1.82) is 0 Å². The molecule has 0 aromatic rings. The Kier molecular flexibility index (Phi) is 5.75. The molecule has 0 aliphatic heterocycles. The lowest BCUT2D eigenvalue weighted by atomic mass is 9.83. The monoisotopic (exact) mass is 208 g/mol. The minimum Gasteiger partial charge on any atom is -0.330 e. The predicted octanol–water partition coefficient (Wildman–Crippen LogP) is 1.85. The van der Waals surface area contributed by atoms with Gasteiger partial charge in [0.25, 0.3) is 0 Å². The highest BCUT2D eigenvalue weighted by molar-refractivity contribution is 4.96. The number of nitrogens with two attached hydrogens (primary N) is 1. The van der Waals surface area contributed by atoms with Crippen LogP contribution in [0.5, 0.6) is 0 Å². The lowest BCUT2D eigenvalue weighted by Gasteiger charge is -2.37. The van der Waals surface area contributed by atoms with Gasteiger partial charge >= 0.3 is 0 Å². The zero-order chi connectivity index (χ0) is 11.1. The average Bonchev–Trinajstić information content (AvgIpc) is 2.29. The molecule has 2 nitrogen and oxygen atoms in total. The maximum Gasteiger partial charge on any atom is 0.0216 e. The molecule has 1 aliphatic carbocycles. The molecule has 2 unspecified atom stereocenters. The smallest absolute Gasteiger partial charge is 0.0216 e. The van der Waals surface area contributed by atoms with Gasteiger partial charge in [0, 0.05) is 19.0 Å². The Labute approximate surface area is 94.2 Å². The molecule has 86 valence electrons. The Hall–Kier alpha value is -0.520. The summed E-state index contributed by atoms with van der Waals surface area (Å²) in [5, 5.41) is 0. The third-order valence-electron chi connectivity index (χ3n) is 3.50. The van der Waals surface area contributed by atoms with Gasteiger partial charge in [-0.3, -0.25) is 0 Å². The minimum absolute atomic E-state index is 0.697. The maximum atomic E-state index is 5.83. The number of hydrogen-bond acceptors (Lipinski definition) is 2. The van der Waals surface area contributed by atoms with Crippen LogP contribution in [0.2, 0.25) is 0 Å². The maximum absolute atomic E-state index is 5.83. The Morgan fingerprint density at radius 2 is 2.07 bits per heavy atom. The molecule has 2 N–H and O–H groups in total. The van der Waals surface area contributed by atoms with Crippen molar-refractivity contribution >= 4 is 0 Å². The van der Waals surface area contributed by atoms with E-state index in [0.29, 0.717) is 12.0 Å². The van der Waals surface area contributed by atoms with E-state index in [2.05, 4.69) is 23.8 Å². The van der Waals surface area contributed by atoms with Gasteiger partial charge in [-0.2, -0.15) is 0 Å². The van der Waals surface area contributed by atoms with Gasteiger partial charge in [-0.15, -0.1) is 11.8 Å². The van der Waals surface area contributed by atoms with Crippen molar-refractivity contribution in [3.8, 4) is 11.8 Å². The van der Waals surface area contributed by atoms with Gasteiger partial charge in [0.2, 0.25) is 0 Å². The van der Waals surface area contributed by atoms with Crippen LogP contribution in [0.15, 0.2) is 0 Å². The topological polar surface area (TPSA) is 29.3 Å². The molecule has 0 aromatic carbocycles. The van der Waals surface area contributed by atoms with E-state index in [1.165, 1.54) is 25.7 Å². The van der Waals surface area contributed by atoms with Crippen LogP contribution in [-0.2, 0) is 0 Å². The summed E-state index contributed by atoms with van der Waals surface area (Å²) in [6.07, 6.45) is 6.34. The van der Waals surface area contributed by atoms with E-state index in [1.807, 2.05) is 6.92 Å². The van der Waals surface area contributed by atoms with E-state index < -0.39 is 0 Å². The third-order valence-corrected chi connectivity index (χ3v) is 3.50. The highest BCUT2D eigenvalue weighted by Crippen LogP contribution is 2.27. The fraction of sp³-hybridized carbons (Fsp3) is 0.846. The summed E-state index contributed by atoms with van der Waals surface area (Å²) in [5.74, 6) is 6.78. The molecule has 2 heteroatoms. The van der Waals surface area contributed by atoms with Crippen molar-refractivity contribution < 1.29 is 0 Å². The van der Waals surface area contributed by atoms with Gasteiger partial charge in [-0.1, -0.05) is 12.8 Å². The number of hydrogen-bond donors (Lipinski definition) is 1. The summed E-state index contributed by atoms with van der Waals surface area (Å²) in [4.78, 5) is 2.46. The molecule has 15 heavy (non-hydrogen) atoms. The first-order valence-electron chi connectivity index (χ1n) is 6.09. The lowest BCUT2D eigenvalue weighted by Crippen LogP contribution is -2.43. The third kappa shape index (κ3) is 3.85. The normalized spacial score (nSPS) is 26.1. The SMILES string of the molecule is CC#CCCN(C)C1CCCCC1CN. The number of rotatable bonds is 4. The molecule has 0 saturated heterocycles. The van der Waals surface area contributed by atoms with Gasteiger partial charge < -0.3 is 10.6 Å². The van der Waals surface area contributed by atoms with Crippen molar-refractivity contribution in [2.75, 3.05) is 20.1 Å². The fourth-order valence-electron chi connectivity index (χ4n) is 2.57. The highest BCUT2D eigenvalue weighted by atomic mass is 15.1. The molecule has 1 saturated carbocycles. The molecule has 1 fully saturated rings. The van der Waals surface area contributed by atoms with Crippen LogP contribution in [0, 0.1) is 17.8 Å². The fourth-order valence-corrected chi connectivity index (χ4v) is 2.57. The molecule has 0 amide bonds. The molecule has 1 rings (SSSR count). The van der Waals surface area contributed by atoms with Crippen LogP contribution >= 0.6 is 0 Å². The highest BCUT2D eigenvalue weighted by Gasteiger charge is 2.26. The molecule has 0 radical (unpaired) electrons. The molecule has 0 spiro atoms. The molecule has 2 atom stereocenters. The van der Waals surface area contributed by atoms with Crippen molar-refractivity contribution in [2.24, 2.45) is 11.7 Å². The lowest BCUT2D eigenvalue weighted by molar-refractivity contribution is 0.136. The van der Waals surface area contributed by atoms with Gasteiger partial charge in [0.15, 0.2) is 0 Å². The van der Waals surface area contributed by atoms with Crippen LogP contribution in [0.4, 0.5) is 0 Å². The first-order valence-corrected chi connectivity index (χ1v) is 6.09. The molecule has 0 heterocycles. The summed E-state index contributed by atoms with van der Waals surface area (Å²) in [5.41, 5.74) is 5.83. The van der Waals surface area contributed by atoms with Gasteiger partial charge in [-0.25, -0.2) is 0 Å². The van der Waals surface area contributed by atoms with Crippen molar-refractivity contribution in [3.05, 3.63) is 0 Å². The minimum atomic E-state index is 0.697. The van der Waals surface area contributed by atoms with Crippen LogP contribution in [0.1, 0.15) is 39.0 Å².